The number of rotatable bonds is 7. The molecule has 14 heteroatoms. The van der Waals surface area contributed by atoms with Crippen LogP contribution in [0.15, 0.2) is 0 Å². The van der Waals surface area contributed by atoms with Gasteiger partial charge in [0.1, 0.15) is 42.7 Å². The zero-order valence-corrected chi connectivity index (χ0v) is 19.6. The Balaban J connectivity index is 1.77. The molecule has 0 aromatic heterocycles. The van der Waals surface area contributed by atoms with Crippen molar-refractivity contribution in [3.8, 4) is 0 Å². The molecule has 12 nitrogen and oxygen atoms in total. The Bertz CT molecular complexity index is 619. The van der Waals surface area contributed by atoms with Gasteiger partial charge in [-0.15, -0.1) is 23.2 Å². The minimum atomic E-state index is -1.72. The van der Waals surface area contributed by atoms with E-state index >= 15 is 0 Å². The number of alkyl halides is 2. The van der Waals surface area contributed by atoms with Crippen LogP contribution in [0.3, 0.4) is 0 Å². The van der Waals surface area contributed by atoms with Crippen molar-refractivity contribution < 1.29 is 59.1 Å². The number of aliphatic hydroxyl groups excluding tert-OH is 6. The molecule has 3 aliphatic heterocycles. The van der Waals surface area contributed by atoms with Gasteiger partial charge in [-0.05, 0) is 6.92 Å². The Labute approximate surface area is 200 Å². The predicted molar refractivity (Wildman–Crippen MR) is 111 cm³/mol. The molecule has 3 aliphatic rings. The first-order valence-corrected chi connectivity index (χ1v) is 11.6. The highest BCUT2D eigenvalue weighted by atomic mass is 35.5. The first kappa shape index (κ1) is 27.7. The van der Waals surface area contributed by atoms with Gasteiger partial charge in [0.05, 0.1) is 36.2 Å². The van der Waals surface area contributed by atoms with Gasteiger partial charge in [-0.3, -0.25) is 0 Å². The van der Waals surface area contributed by atoms with Gasteiger partial charge in [-0.25, -0.2) is 0 Å². The van der Waals surface area contributed by atoms with E-state index in [1.54, 1.807) is 6.92 Å². The second-order valence-electron chi connectivity index (χ2n) is 8.35. The first-order valence-electron chi connectivity index (χ1n) is 10.6. The molecule has 0 spiro atoms. The molecule has 3 rings (SSSR count). The standard InChI is InChI=1S/C19H32Cl2O12/c1-6-7(23)3-8(31-19-14(26)15(28-2)11(21)9(4-20)32-19)18(29-6)33-16-12(24)10(5-22)30-17(27)13(16)25/h6-19,22-27H,3-5H2,1-2H3/t6-,7-,8-,9-,10-,11+,12-,13+,14-,15+,16+,17?,18-,19+/m1/s1. The summed E-state index contributed by atoms with van der Waals surface area (Å²) in [5, 5.41) is 60.2. The summed E-state index contributed by atoms with van der Waals surface area (Å²) in [5.74, 6) is 0.00224. The summed E-state index contributed by atoms with van der Waals surface area (Å²) in [4.78, 5) is 0. The van der Waals surface area contributed by atoms with Gasteiger partial charge in [0, 0.05) is 13.5 Å². The maximum atomic E-state index is 10.7. The normalized spacial score (nSPS) is 51.5. The van der Waals surface area contributed by atoms with Crippen molar-refractivity contribution in [1.29, 1.82) is 0 Å². The zero-order chi connectivity index (χ0) is 24.4. The monoisotopic (exact) mass is 522 g/mol. The Morgan fingerprint density at radius 2 is 1.58 bits per heavy atom. The molecule has 0 aromatic rings. The van der Waals surface area contributed by atoms with E-state index in [1.807, 2.05) is 0 Å². The summed E-state index contributed by atoms with van der Waals surface area (Å²) < 4.78 is 33.3. The number of methoxy groups -OCH3 is 1. The third-order valence-corrected chi connectivity index (χ3v) is 6.96. The molecule has 194 valence electrons. The molecule has 0 radical (unpaired) electrons. The quantitative estimate of drug-likeness (QED) is 0.196. The van der Waals surface area contributed by atoms with Gasteiger partial charge in [0.15, 0.2) is 18.9 Å². The third kappa shape index (κ3) is 5.92. The van der Waals surface area contributed by atoms with E-state index in [0.717, 1.165) is 0 Å². The topological polar surface area (TPSA) is 177 Å². The van der Waals surface area contributed by atoms with Crippen LogP contribution < -0.4 is 0 Å². The van der Waals surface area contributed by atoms with Gasteiger partial charge in [-0.2, -0.15) is 0 Å². The maximum Gasteiger partial charge on any atom is 0.187 e. The lowest BCUT2D eigenvalue weighted by Gasteiger charge is -2.46. The number of halogens is 2. The van der Waals surface area contributed by atoms with Crippen molar-refractivity contribution in [3.63, 3.8) is 0 Å². The lowest BCUT2D eigenvalue weighted by Crippen LogP contribution is -2.63. The van der Waals surface area contributed by atoms with Crippen molar-refractivity contribution in [2.75, 3.05) is 19.6 Å². The minimum absolute atomic E-state index is 0.00224. The van der Waals surface area contributed by atoms with Crippen LogP contribution >= 0.6 is 23.2 Å². The molecule has 0 bridgehead atoms. The van der Waals surface area contributed by atoms with Crippen molar-refractivity contribution in [3.05, 3.63) is 0 Å². The van der Waals surface area contributed by atoms with Gasteiger partial charge in [-0.1, -0.05) is 0 Å². The molecule has 3 saturated heterocycles. The minimum Gasteiger partial charge on any atom is -0.394 e. The van der Waals surface area contributed by atoms with Crippen LogP contribution in [0.2, 0.25) is 0 Å². The molecule has 33 heavy (non-hydrogen) atoms. The van der Waals surface area contributed by atoms with E-state index in [-0.39, 0.29) is 12.3 Å². The number of hydrogen-bond acceptors (Lipinski definition) is 12. The molecule has 3 fully saturated rings. The van der Waals surface area contributed by atoms with E-state index in [4.69, 9.17) is 51.6 Å². The molecule has 1 unspecified atom stereocenters. The fourth-order valence-corrected chi connectivity index (χ4v) is 4.87. The summed E-state index contributed by atoms with van der Waals surface area (Å²) in [5.41, 5.74) is 0. The lowest BCUT2D eigenvalue weighted by molar-refractivity contribution is -0.365. The van der Waals surface area contributed by atoms with E-state index < -0.39 is 91.9 Å². The van der Waals surface area contributed by atoms with Crippen LogP contribution in [0.25, 0.3) is 0 Å². The zero-order valence-electron chi connectivity index (χ0n) is 18.1. The Morgan fingerprint density at radius 1 is 0.879 bits per heavy atom. The van der Waals surface area contributed by atoms with Crippen LogP contribution in [-0.4, -0.2) is 136 Å². The van der Waals surface area contributed by atoms with E-state index in [0.29, 0.717) is 0 Å². The SMILES string of the molecule is CO[C@@H]1[C@@H](O)[C@@H](O[C@@H]2C[C@@H](O)[C@@H](C)O[C@@H]2O[C@H]2[C@H](O)[C@@H](CO)OC(O)[C@H]2O)O[C@H](CCl)[C@@H]1Cl. The number of ether oxygens (including phenoxy) is 6. The molecule has 14 atom stereocenters. The first-order chi connectivity index (χ1) is 15.6. The van der Waals surface area contributed by atoms with E-state index in [1.165, 1.54) is 7.11 Å². The van der Waals surface area contributed by atoms with Crippen LogP contribution in [0.5, 0.6) is 0 Å². The van der Waals surface area contributed by atoms with E-state index in [9.17, 15) is 30.6 Å². The van der Waals surface area contributed by atoms with Gasteiger partial charge < -0.3 is 59.1 Å². The molecule has 0 saturated carbocycles. The smallest absolute Gasteiger partial charge is 0.187 e. The summed E-state index contributed by atoms with van der Waals surface area (Å²) in [6.07, 6.45) is -15.6. The van der Waals surface area contributed by atoms with Crippen LogP contribution in [0.4, 0.5) is 0 Å². The third-order valence-electron chi connectivity index (χ3n) is 6.13. The summed E-state index contributed by atoms with van der Waals surface area (Å²) in [7, 11) is 1.37. The molecule has 0 amide bonds. The molecule has 0 aliphatic carbocycles. The largest absolute Gasteiger partial charge is 0.394 e. The van der Waals surface area contributed by atoms with Gasteiger partial charge in [0.2, 0.25) is 0 Å². The predicted octanol–water partition coefficient (Wildman–Crippen LogP) is -2.37. The lowest BCUT2D eigenvalue weighted by atomic mass is 9.98. The van der Waals surface area contributed by atoms with Crippen molar-refractivity contribution in [1.82, 2.24) is 0 Å². The summed E-state index contributed by atoms with van der Waals surface area (Å²) >= 11 is 12.2. The number of hydrogen-bond donors (Lipinski definition) is 6. The Morgan fingerprint density at radius 3 is 2.18 bits per heavy atom. The summed E-state index contributed by atoms with van der Waals surface area (Å²) in [6, 6.07) is 0. The number of aliphatic hydroxyl groups is 6. The van der Waals surface area contributed by atoms with Crippen molar-refractivity contribution in [2.45, 2.75) is 98.6 Å². The van der Waals surface area contributed by atoms with Crippen LogP contribution in [0, 0.1) is 0 Å². The molecule has 3 heterocycles. The second-order valence-corrected chi connectivity index (χ2v) is 9.16. The van der Waals surface area contributed by atoms with Gasteiger partial charge in [0.25, 0.3) is 0 Å². The Hall–Kier alpha value is 0.100. The van der Waals surface area contributed by atoms with Gasteiger partial charge >= 0.3 is 0 Å². The van der Waals surface area contributed by atoms with E-state index in [2.05, 4.69) is 0 Å². The molecule has 0 aromatic carbocycles. The fraction of sp³-hybridized carbons (Fsp3) is 1.00. The highest BCUT2D eigenvalue weighted by Crippen LogP contribution is 2.34. The van der Waals surface area contributed by atoms with Crippen LogP contribution in [-0.2, 0) is 28.4 Å². The average Bonchev–Trinajstić information content (AvgIpc) is 2.78. The maximum absolute atomic E-state index is 10.7. The van der Waals surface area contributed by atoms with Crippen molar-refractivity contribution >= 4 is 23.2 Å². The molecule has 6 N–H and O–H groups in total. The Kier molecular flexibility index (Phi) is 9.97. The fourth-order valence-electron chi connectivity index (χ4n) is 4.11. The average molecular weight is 523 g/mol. The second kappa shape index (κ2) is 11.9. The highest BCUT2D eigenvalue weighted by molar-refractivity contribution is 6.23. The molecular formula is C19H32Cl2O12. The molecular weight excluding hydrogens is 491 g/mol. The van der Waals surface area contributed by atoms with Crippen LogP contribution in [0.1, 0.15) is 13.3 Å². The highest BCUT2D eigenvalue weighted by Gasteiger charge is 2.50. The summed E-state index contributed by atoms with van der Waals surface area (Å²) in [6.45, 7) is 0.958. The van der Waals surface area contributed by atoms with Crippen molar-refractivity contribution in [2.24, 2.45) is 0 Å².